The van der Waals surface area contributed by atoms with Gasteiger partial charge in [-0.05, 0) is 53.6 Å². The van der Waals surface area contributed by atoms with E-state index in [-0.39, 0.29) is 30.0 Å². The lowest BCUT2D eigenvalue weighted by Gasteiger charge is -2.17. The van der Waals surface area contributed by atoms with Crippen LogP contribution >= 0.6 is 51.7 Å². The van der Waals surface area contributed by atoms with Crippen molar-refractivity contribution in [3.8, 4) is 0 Å². The lowest BCUT2D eigenvalue weighted by Crippen LogP contribution is -2.44. The zero-order valence-electron chi connectivity index (χ0n) is 14.0. The number of rotatable bonds is 9. The summed E-state index contributed by atoms with van der Waals surface area (Å²) in [7, 11) is 3.49. The van der Waals surface area contributed by atoms with Crippen LogP contribution in [0.15, 0.2) is 38.6 Å². The standard InChI is InChI=1S/C16H26BrN3OS.HI/c1-13(12-21-3)20-16(18-2)19-10-6-7-11-22-15-9-5-4-8-14(15)17;/h4-5,8-9,13H,6-7,10-12H2,1-3H3,(H2,18,19,20);1H. The average molecular weight is 516 g/mol. The topological polar surface area (TPSA) is 45.7 Å². The average Bonchev–Trinajstić information content (AvgIpc) is 2.51. The van der Waals surface area contributed by atoms with Crippen LogP contribution in [0, 0.1) is 0 Å². The Bertz CT molecular complexity index is 463. The summed E-state index contributed by atoms with van der Waals surface area (Å²) in [6.07, 6.45) is 2.29. The second-order valence-electron chi connectivity index (χ2n) is 4.99. The third-order valence-electron chi connectivity index (χ3n) is 2.98. The first-order chi connectivity index (χ1) is 10.7. The first-order valence-electron chi connectivity index (χ1n) is 7.50. The zero-order valence-corrected chi connectivity index (χ0v) is 18.7. The van der Waals surface area contributed by atoms with Crippen molar-refractivity contribution in [1.82, 2.24) is 10.6 Å². The number of hydrogen-bond acceptors (Lipinski definition) is 3. The Morgan fingerprint density at radius 3 is 2.74 bits per heavy atom. The molecule has 0 radical (unpaired) electrons. The quantitative estimate of drug-likeness (QED) is 0.170. The van der Waals surface area contributed by atoms with Crippen LogP contribution in [0.1, 0.15) is 19.8 Å². The smallest absolute Gasteiger partial charge is 0.191 e. The first kappa shape index (κ1) is 23.0. The second-order valence-corrected chi connectivity index (χ2v) is 6.98. The molecule has 0 saturated carbocycles. The minimum atomic E-state index is 0. The Hall–Kier alpha value is 0.01000. The maximum absolute atomic E-state index is 5.11. The number of aliphatic imine (C=N–C) groups is 1. The van der Waals surface area contributed by atoms with Crippen LogP contribution in [0.3, 0.4) is 0 Å². The fourth-order valence-electron chi connectivity index (χ4n) is 1.90. The Kier molecular flexibility index (Phi) is 14.4. The molecule has 0 spiro atoms. The Morgan fingerprint density at radius 2 is 2.09 bits per heavy atom. The SMILES string of the molecule is CN=C(NCCCCSc1ccccc1Br)NC(C)COC.I. The lowest BCUT2D eigenvalue weighted by molar-refractivity contribution is 0.179. The van der Waals surface area contributed by atoms with Crippen molar-refractivity contribution in [3.05, 3.63) is 28.7 Å². The maximum atomic E-state index is 5.11. The number of hydrogen-bond donors (Lipinski definition) is 2. The molecule has 0 fully saturated rings. The van der Waals surface area contributed by atoms with Crippen LogP contribution in [0.25, 0.3) is 0 Å². The van der Waals surface area contributed by atoms with Crippen LogP contribution < -0.4 is 10.6 Å². The van der Waals surface area contributed by atoms with Gasteiger partial charge in [-0.25, -0.2) is 0 Å². The van der Waals surface area contributed by atoms with E-state index in [2.05, 4.69) is 56.7 Å². The van der Waals surface area contributed by atoms with Gasteiger partial charge in [0.15, 0.2) is 5.96 Å². The summed E-state index contributed by atoms with van der Waals surface area (Å²) >= 11 is 5.47. The fourth-order valence-corrected chi connectivity index (χ4v) is 3.47. The highest BCUT2D eigenvalue weighted by Crippen LogP contribution is 2.27. The number of nitrogens with zero attached hydrogens (tertiary/aromatic N) is 1. The number of nitrogens with one attached hydrogen (secondary N) is 2. The van der Waals surface area contributed by atoms with Crippen molar-refractivity contribution in [2.75, 3.05) is 33.1 Å². The van der Waals surface area contributed by atoms with Gasteiger partial charge in [0, 0.05) is 36.1 Å². The van der Waals surface area contributed by atoms with Gasteiger partial charge >= 0.3 is 0 Å². The van der Waals surface area contributed by atoms with Gasteiger partial charge in [0.05, 0.1) is 6.61 Å². The van der Waals surface area contributed by atoms with Crippen LogP contribution in [0.4, 0.5) is 0 Å². The number of ether oxygens (including phenoxy) is 1. The Balaban J connectivity index is 0.00000484. The van der Waals surface area contributed by atoms with E-state index in [0.29, 0.717) is 6.61 Å². The fraction of sp³-hybridized carbons (Fsp3) is 0.562. The molecule has 0 aliphatic heterocycles. The summed E-state index contributed by atoms with van der Waals surface area (Å²) in [4.78, 5) is 5.52. The Morgan fingerprint density at radius 1 is 1.35 bits per heavy atom. The highest BCUT2D eigenvalue weighted by atomic mass is 127. The number of methoxy groups -OCH3 is 1. The summed E-state index contributed by atoms with van der Waals surface area (Å²) in [6.45, 7) is 3.67. The van der Waals surface area contributed by atoms with E-state index in [0.717, 1.165) is 24.7 Å². The summed E-state index contributed by atoms with van der Waals surface area (Å²) in [5.41, 5.74) is 0. The van der Waals surface area contributed by atoms with Crippen molar-refractivity contribution >= 4 is 57.6 Å². The second kappa shape index (κ2) is 14.4. The molecule has 132 valence electrons. The molecule has 1 unspecified atom stereocenters. The highest BCUT2D eigenvalue weighted by molar-refractivity contribution is 14.0. The van der Waals surface area contributed by atoms with Gasteiger partial charge in [-0.1, -0.05) is 12.1 Å². The van der Waals surface area contributed by atoms with E-state index >= 15 is 0 Å². The molecule has 0 bridgehead atoms. The molecule has 0 amide bonds. The lowest BCUT2D eigenvalue weighted by atomic mass is 10.3. The van der Waals surface area contributed by atoms with E-state index in [4.69, 9.17) is 4.74 Å². The van der Waals surface area contributed by atoms with Gasteiger partial charge in [-0.15, -0.1) is 35.7 Å². The van der Waals surface area contributed by atoms with Gasteiger partial charge in [0.1, 0.15) is 0 Å². The monoisotopic (exact) mass is 515 g/mol. The van der Waals surface area contributed by atoms with E-state index in [9.17, 15) is 0 Å². The number of guanidine groups is 1. The molecule has 23 heavy (non-hydrogen) atoms. The van der Waals surface area contributed by atoms with E-state index in [1.165, 1.54) is 15.8 Å². The molecule has 0 saturated heterocycles. The third kappa shape index (κ3) is 10.5. The van der Waals surface area contributed by atoms with Crippen molar-refractivity contribution < 1.29 is 4.74 Å². The third-order valence-corrected chi connectivity index (χ3v) is 5.09. The van der Waals surface area contributed by atoms with Crippen molar-refractivity contribution in [2.45, 2.75) is 30.7 Å². The number of halogens is 2. The van der Waals surface area contributed by atoms with Gasteiger partial charge < -0.3 is 15.4 Å². The molecule has 1 aromatic rings. The molecule has 0 heterocycles. The van der Waals surface area contributed by atoms with E-state index in [1.807, 2.05) is 17.8 Å². The summed E-state index contributed by atoms with van der Waals surface area (Å²) in [5, 5.41) is 6.63. The van der Waals surface area contributed by atoms with Crippen LogP contribution in [-0.2, 0) is 4.74 Å². The van der Waals surface area contributed by atoms with Crippen LogP contribution in [-0.4, -0.2) is 45.1 Å². The zero-order chi connectivity index (χ0) is 16.2. The van der Waals surface area contributed by atoms with Crippen LogP contribution in [0.2, 0.25) is 0 Å². The minimum Gasteiger partial charge on any atom is -0.383 e. The van der Waals surface area contributed by atoms with Crippen molar-refractivity contribution in [3.63, 3.8) is 0 Å². The van der Waals surface area contributed by atoms with E-state index < -0.39 is 0 Å². The molecule has 1 atom stereocenters. The molecule has 0 aliphatic rings. The van der Waals surface area contributed by atoms with Gasteiger partial charge in [0.2, 0.25) is 0 Å². The largest absolute Gasteiger partial charge is 0.383 e. The number of thioether (sulfide) groups is 1. The summed E-state index contributed by atoms with van der Waals surface area (Å²) < 4.78 is 6.28. The molecule has 0 aromatic heterocycles. The van der Waals surface area contributed by atoms with E-state index in [1.54, 1.807) is 14.2 Å². The molecule has 2 N–H and O–H groups in total. The molecule has 4 nitrogen and oxygen atoms in total. The van der Waals surface area contributed by atoms with Crippen LogP contribution in [0.5, 0.6) is 0 Å². The summed E-state index contributed by atoms with van der Waals surface area (Å²) in [6, 6.07) is 8.60. The van der Waals surface area contributed by atoms with Crippen molar-refractivity contribution in [2.24, 2.45) is 4.99 Å². The van der Waals surface area contributed by atoms with Gasteiger partial charge in [-0.2, -0.15) is 0 Å². The molecule has 7 heteroatoms. The molecule has 0 aliphatic carbocycles. The first-order valence-corrected chi connectivity index (χ1v) is 9.28. The molecular formula is C16H27BrIN3OS. The normalized spacial score (nSPS) is 12.4. The van der Waals surface area contributed by atoms with Gasteiger partial charge in [-0.3, -0.25) is 4.99 Å². The molecule has 1 aromatic carbocycles. The number of benzene rings is 1. The van der Waals surface area contributed by atoms with Gasteiger partial charge in [0.25, 0.3) is 0 Å². The molecule has 1 rings (SSSR count). The Labute approximate surface area is 169 Å². The van der Waals surface area contributed by atoms with Crippen molar-refractivity contribution in [1.29, 1.82) is 0 Å². The minimum absolute atomic E-state index is 0. The molecular weight excluding hydrogens is 489 g/mol. The number of unbranched alkanes of at least 4 members (excludes halogenated alkanes) is 1. The highest BCUT2D eigenvalue weighted by Gasteiger charge is 2.04. The summed E-state index contributed by atoms with van der Waals surface area (Å²) in [5.74, 6) is 1.96. The maximum Gasteiger partial charge on any atom is 0.191 e. The predicted molar refractivity (Wildman–Crippen MR) is 115 cm³/mol. The predicted octanol–water partition coefficient (Wildman–Crippen LogP) is 4.14.